The van der Waals surface area contributed by atoms with E-state index in [0.717, 1.165) is 6.61 Å². The molecule has 0 saturated carbocycles. The molecule has 0 spiro atoms. The molecule has 0 rings (SSSR count). The van der Waals surface area contributed by atoms with E-state index in [0.29, 0.717) is 0 Å². The zero-order chi connectivity index (χ0) is 4.12. The van der Waals surface area contributed by atoms with E-state index in [1.54, 1.807) is 0 Å². The molecule has 2 nitrogen and oxygen atoms in total. The standard InChI is InChI=1S/C2H5O.CH3.Hg.H2O/c1-2-3;;;/h2H2,1H3;1H3;;1H2/q-1;;+1;. The van der Waals surface area contributed by atoms with Gasteiger partial charge in [0.25, 0.3) is 0 Å². The molecule has 2 N–H and O–H groups in total. The van der Waals surface area contributed by atoms with Crippen LogP contribution in [0.3, 0.4) is 0 Å². The van der Waals surface area contributed by atoms with E-state index in [1.807, 2.05) is 6.92 Å². The van der Waals surface area contributed by atoms with Crippen molar-refractivity contribution in [2.45, 2.75) is 11.4 Å². The summed E-state index contributed by atoms with van der Waals surface area (Å²) in [6, 6.07) is 0. The Morgan fingerprint density at radius 1 is 1.67 bits per heavy atom. The van der Waals surface area contributed by atoms with Crippen LogP contribution in [0.25, 0.3) is 0 Å². The van der Waals surface area contributed by atoms with Crippen LogP contribution < -0.4 is 0 Å². The summed E-state index contributed by atoms with van der Waals surface area (Å²) in [6.45, 7) is 2.99. The second-order valence-electron chi connectivity index (χ2n) is 0.781. The van der Waals surface area contributed by atoms with Crippen LogP contribution in [-0.4, -0.2) is 12.1 Å². The fourth-order valence-corrected chi connectivity index (χ4v) is 1.79. The third-order valence-electron chi connectivity index (χ3n) is 0.408. The summed E-state index contributed by atoms with van der Waals surface area (Å²) >= 11 is -0.644. The Hall–Kier alpha value is 0.855. The fraction of sp³-hybridized carbons (Fsp3) is 1.00. The number of hydrogen-bond donors (Lipinski definition) is 0. The van der Waals surface area contributed by atoms with Crippen LogP contribution in [0, 0.1) is 0 Å². The molecule has 0 amide bonds. The molecule has 36 valence electrons. The molecule has 0 unspecified atom stereocenters. The third kappa shape index (κ3) is 8.85. The van der Waals surface area contributed by atoms with E-state index in [9.17, 15) is 0 Å². The van der Waals surface area contributed by atoms with Crippen molar-refractivity contribution >= 4 is 0 Å². The third-order valence-corrected chi connectivity index (χ3v) is 3.58. The minimum Gasteiger partial charge on any atom is -0.412 e. The Bertz CT molecular complexity index is 16.3. The Morgan fingerprint density at radius 3 is 2.17 bits per heavy atom. The van der Waals surface area contributed by atoms with Gasteiger partial charge in [0.15, 0.2) is 0 Å². The molecule has 0 aliphatic rings. The van der Waals surface area contributed by atoms with Crippen molar-refractivity contribution in [1.82, 2.24) is 0 Å². The summed E-state index contributed by atoms with van der Waals surface area (Å²) < 4.78 is 7.27. The molecular weight excluding hydrogens is 269 g/mol. The maximum absolute atomic E-state index is 5.06. The van der Waals surface area contributed by atoms with Crippen molar-refractivity contribution < 1.29 is 33.2 Å². The SMILES string of the molecule is CC[O][Hg][CH3].O. The van der Waals surface area contributed by atoms with E-state index < -0.39 is 25.0 Å². The zero-order valence-electron chi connectivity index (χ0n) is 4.32. The Kier molecular flexibility index (Phi) is 15.4. The molecule has 0 saturated heterocycles. The van der Waals surface area contributed by atoms with Gasteiger partial charge in [-0.25, -0.2) is 0 Å². The largest absolute Gasteiger partial charge is 0.412 e. The van der Waals surface area contributed by atoms with Gasteiger partial charge in [0.2, 0.25) is 0 Å². The van der Waals surface area contributed by atoms with E-state index in [1.165, 1.54) is 0 Å². The van der Waals surface area contributed by atoms with Crippen LogP contribution in [0.2, 0.25) is 4.43 Å². The molecule has 0 bridgehead atoms. The summed E-state index contributed by atoms with van der Waals surface area (Å²) in [7, 11) is 0. The first kappa shape index (κ1) is 9.97. The van der Waals surface area contributed by atoms with Crippen molar-refractivity contribution in [2.75, 3.05) is 6.61 Å². The van der Waals surface area contributed by atoms with Gasteiger partial charge in [-0.1, -0.05) is 0 Å². The minimum absolute atomic E-state index is 0. The molecule has 0 aliphatic carbocycles. The van der Waals surface area contributed by atoms with Crippen LogP contribution in [0.1, 0.15) is 6.92 Å². The number of hydrogen-bond acceptors (Lipinski definition) is 1. The fourth-order valence-electron chi connectivity index (χ4n) is 0.204. The van der Waals surface area contributed by atoms with Crippen LogP contribution in [0.5, 0.6) is 0 Å². The molecule has 0 aliphatic heterocycles. The van der Waals surface area contributed by atoms with Gasteiger partial charge >= 0.3 is 45.6 Å². The topological polar surface area (TPSA) is 40.7 Å². The van der Waals surface area contributed by atoms with Gasteiger partial charge in [-0.05, 0) is 0 Å². The van der Waals surface area contributed by atoms with E-state index in [-0.39, 0.29) is 5.48 Å². The van der Waals surface area contributed by atoms with Crippen molar-refractivity contribution in [3.8, 4) is 0 Å². The summed E-state index contributed by atoms with van der Waals surface area (Å²) in [5, 5.41) is 0. The molecule has 3 heteroatoms. The average Bonchev–Trinajstić information content (AvgIpc) is 1.41. The first-order chi connectivity index (χ1) is 2.41. The van der Waals surface area contributed by atoms with Gasteiger partial charge in [-0.3, -0.25) is 0 Å². The summed E-state index contributed by atoms with van der Waals surface area (Å²) in [6.07, 6.45) is 0. The van der Waals surface area contributed by atoms with E-state index in [2.05, 4.69) is 4.43 Å². The van der Waals surface area contributed by atoms with Crippen molar-refractivity contribution in [2.24, 2.45) is 0 Å². The summed E-state index contributed by atoms with van der Waals surface area (Å²) in [5.41, 5.74) is 0. The first-order valence-electron chi connectivity index (χ1n) is 1.99. The molecule has 0 heterocycles. The second kappa shape index (κ2) is 9.29. The first-order valence-corrected chi connectivity index (χ1v) is 9.73. The Morgan fingerprint density at radius 2 is 2.17 bits per heavy atom. The van der Waals surface area contributed by atoms with Crippen LogP contribution in [0.15, 0.2) is 0 Å². The Balaban J connectivity index is 0. The molecule has 0 aromatic heterocycles. The molecule has 0 aromatic carbocycles. The quantitative estimate of drug-likeness (QED) is 0.667. The summed E-state index contributed by atoms with van der Waals surface area (Å²) in [4.78, 5) is 0. The van der Waals surface area contributed by atoms with E-state index >= 15 is 0 Å². The predicted molar refractivity (Wildman–Crippen MR) is 21.1 cm³/mol. The average molecular weight is 279 g/mol. The van der Waals surface area contributed by atoms with Crippen molar-refractivity contribution in [1.29, 1.82) is 0 Å². The van der Waals surface area contributed by atoms with E-state index in [4.69, 9.17) is 2.64 Å². The van der Waals surface area contributed by atoms with Gasteiger partial charge in [-0.15, -0.1) is 0 Å². The normalized spacial score (nSPS) is 5.67. The number of rotatable bonds is 2. The van der Waals surface area contributed by atoms with Gasteiger partial charge in [0.1, 0.15) is 0 Å². The molecule has 6 heavy (non-hydrogen) atoms. The smallest absolute Gasteiger partial charge is 0.412 e. The maximum atomic E-state index is 5.06. The predicted octanol–water partition coefficient (Wildman–Crippen LogP) is 0.244. The van der Waals surface area contributed by atoms with Gasteiger partial charge in [0.05, 0.1) is 0 Å². The maximum Gasteiger partial charge on any atom is -0.412 e. The van der Waals surface area contributed by atoms with Crippen molar-refractivity contribution in [3.63, 3.8) is 0 Å². The van der Waals surface area contributed by atoms with Crippen LogP contribution in [0.4, 0.5) is 0 Å². The Labute approximate surface area is 51.3 Å². The van der Waals surface area contributed by atoms with Gasteiger partial charge in [0, 0.05) is 0 Å². The molecule has 0 aromatic rings. The van der Waals surface area contributed by atoms with Crippen LogP contribution in [-0.2, 0) is 27.7 Å². The molecule has 0 atom stereocenters. The minimum atomic E-state index is -0.644. The second-order valence-corrected chi connectivity index (χ2v) is 4.61. The monoisotopic (exact) mass is 280 g/mol. The summed E-state index contributed by atoms with van der Waals surface area (Å²) in [5.74, 6) is 0. The van der Waals surface area contributed by atoms with Gasteiger partial charge < -0.3 is 5.48 Å². The molecular formula is C3H10HgO2. The van der Waals surface area contributed by atoms with Gasteiger partial charge in [-0.2, -0.15) is 0 Å². The molecule has 0 fully saturated rings. The zero-order valence-corrected chi connectivity index (χ0v) is 9.82. The molecule has 0 radical (unpaired) electrons. The van der Waals surface area contributed by atoms with Crippen LogP contribution >= 0.6 is 0 Å². The van der Waals surface area contributed by atoms with Crippen molar-refractivity contribution in [3.05, 3.63) is 0 Å².